The number of ether oxygens (including phenoxy) is 2. The molecule has 0 saturated heterocycles. The minimum atomic E-state index is 0.720. The molecule has 3 heteroatoms. The predicted octanol–water partition coefficient (Wildman–Crippen LogP) is 0.778. The molecule has 0 spiro atoms. The molecule has 3 nitrogen and oxygen atoms in total. The van der Waals surface area contributed by atoms with Gasteiger partial charge in [0.05, 0.1) is 0 Å². The molecule has 0 aliphatic heterocycles. The zero-order chi connectivity index (χ0) is 8.36. The lowest BCUT2D eigenvalue weighted by molar-refractivity contribution is 0.118. The first kappa shape index (κ1) is 10.9. The van der Waals surface area contributed by atoms with Crippen LogP contribution in [0.1, 0.15) is 19.3 Å². The van der Waals surface area contributed by atoms with E-state index in [9.17, 15) is 0 Å². The quantitative estimate of drug-likeness (QED) is 0.535. The summed E-state index contributed by atoms with van der Waals surface area (Å²) in [6.07, 6.45) is 3.13. The van der Waals surface area contributed by atoms with E-state index in [1.54, 1.807) is 7.11 Å². The fourth-order valence-electron chi connectivity index (χ4n) is 0.738. The van der Waals surface area contributed by atoms with Crippen molar-refractivity contribution in [2.75, 3.05) is 33.5 Å². The molecule has 0 saturated carbocycles. The molecule has 0 aromatic carbocycles. The molecule has 0 radical (unpaired) electrons. The molecule has 0 heterocycles. The van der Waals surface area contributed by atoms with Crippen molar-refractivity contribution in [1.82, 2.24) is 0 Å². The van der Waals surface area contributed by atoms with Gasteiger partial charge in [0.1, 0.15) is 0 Å². The molecule has 11 heavy (non-hydrogen) atoms. The maximum atomic E-state index is 5.29. The second-order valence-electron chi connectivity index (χ2n) is 2.45. The molecule has 0 aliphatic carbocycles. The lowest BCUT2D eigenvalue weighted by atomic mass is 10.3. The van der Waals surface area contributed by atoms with E-state index in [0.29, 0.717) is 0 Å². The number of unbranched alkanes of at least 4 members (excludes halogenated alkanes) is 1. The molecule has 0 aromatic rings. The van der Waals surface area contributed by atoms with Crippen LogP contribution in [0.25, 0.3) is 0 Å². The average molecular weight is 161 g/mol. The molecule has 68 valence electrons. The van der Waals surface area contributed by atoms with Crippen molar-refractivity contribution in [2.45, 2.75) is 19.3 Å². The highest BCUT2D eigenvalue weighted by atomic mass is 16.5. The van der Waals surface area contributed by atoms with Crippen LogP contribution >= 0.6 is 0 Å². The van der Waals surface area contributed by atoms with Crippen molar-refractivity contribution in [3.63, 3.8) is 0 Å². The Morgan fingerprint density at radius 2 is 1.64 bits per heavy atom. The Morgan fingerprint density at radius 1 is 1.00 bits per heavy atom. The van der Waals surface area contributed by atoms with Gasteiger partial charge in [-0.1, -0.05) is 0 Å². The lowest BCUT2D eigenvalue weighted by Gasteiger charge is -2.01. The summed E-state index contributed by atoms with van der Waals surface area (Å²) < 4.78 is 10.2. The number of rotatable bonds is 8. The highest BCUT2D eigenvalue weighted by molar-refractivity contribution is 4.39. The highest BCUT2D eigenvalue weighted by Gasteiger charge is 1.88. The van der Waals surface area contributed by atoms with Crippen LogP contribution in [0.5, 0.6) is 0 Å². The Bertz CT molecular complexity index is 61.1. The molecule has 2 N–H and O–H groups in total. The third-order valence-corrected chi connectivity index (χ3v) is 1.38. The average Bonchev–Trinajstić information content (AvgIpc) is 2.03. The molecule has 0 amide bonds. The lowest BCUT2D eigenvalue weighted by Crippen LogP contribution is -2.05. The standard InChI is InChI=1S/C8H19NO2/c1-10-6-2-3-7-11-8-4-5-9/h2-9H2,1H3. The number of nitrogens with two attached hydrogens (primary N) is 1. The summed E-state index contributed by atoms with van der Waals surface area (Å²) in [5.41, 5.74) is 5.29. The van der Waals surface area contributed by atoms with Gasteiger partial charge < -0.3 is 15.2 Å². The van der Waals surface area contributed by atoms with Gasteiger partial charge in [-0.25, -0.2) is 0 Å². The summed E-state index contributed by atoms with van der Waals surface area (Å²) in [6.45, 7) is 3.19. The Labute approximate surface area is 68.9 Å². The van der Waals surface area contributed by atoms with Gasteiger partial charge in [-0.15, -0.1) is 0 Å². The fourth-order valence-corrected chi connectivity index (χ4v) is 0.738. The monoisotopic (exact) mass is 161 g/mol. The third-order valence-electron chi connectivity index (χ3n) is 1.38. The van der Waals surface area contributed by atoms with E-state index in [4.69, 9.17) is 15.2 Å². The Balaban J connectivity index is 2.69. The maximum Gasteiger partial charge on any atom is 0.0478 e. The number of hydrogen-bond donors (Lipinski definition) is 1. The molecule has 0 aromatic heterocycles. The van der Waals surface area contributed by atoms with Crippen LogP contribution in [-0.2, 0) is 9.47 Å². The fraction of sp³-hybridized carbons (Fsp3) is 1.00. The molecule has 0 bridgehead atoms. The van der Waals surface area contributed by atoms with Gasteiger partial charge in [-0.3, -0.25) is 0 Å². The molecule has 0 unspecified atom stereocenters. The SMILES string of the molecule is COCCCCOCCCN. The van der Waals surface area contributed by atoms with Gasteiger partial charge in [-0.2, -0.15) is 0 Å². The van der Waals surface area contributed by atoms with Crippen molar-refractivity contribution in [2.24, 2.45) is 5.73 Å². The second-order valence-corrected chi connectivity index (χ2v) is 2.45. The van der Waals surface area contributed by atoms with Gasteiger partial charge >= 0.3 is 0 Å². The van der Waals surface area contributed by atoms with Gasteiger partial charge in [0.25, 0.3) is 0 Å². The van der Waals surface area contributed by atoms with Crippen LogP contribution in [0.15, 0.2) is 0 Å². The van der Waals surface area contributed by atoms with Gasteiger partial charge in [0.2, 0.25) is 0 Å². The van der Waals surface area contributed by atoms with Crippen molar-refractivity contribution in [1.29, 1.82) is 0 Å². The first-order valence-electron chi connectivity index (χ1n) is 4.18. The minimum Gasteiger partial charge on any atom is -0.385 e. The topological polar surface area (TPSA) is 44.5 Å². The van der Waals surface area contributed by atoms with Gasteiger partial charge in [-0.05, 0) is 25.8 Å². The number of methoxy groups -OCH3 is 1. The molecule has 0 fully saturated rings. The first-order chi connectivity index (χ1) is 5.41. The zero-order valence-corrected chi connectivity index (χ0v) is 7.34. The highest BCUT2D eigenvalue weighted by Crippen LogP contribution is 1.90. The first-order valence-corrected chi connectivity index (χ1v) is 4.18. The van der Waals surface area contributed by atoms with Crippen molar-refractivity contribution in [3.05, 3.63) is 0 Å². The second kappa shape index (κ2) is 9.88. The van der Waals surface area contributed by atoms with E-state index < -0.39 is 0 Å². The van der Waals surface area contributed by atoms with Crippen LogP contribution in [0.2, 0.25) is 0 Å². The van der Waals surface area contributed by atoms with Gasteiger partial charge in [0.15, 0.2) is 0 Å². The van der Waals surface area contributed by atoms with Crippen molar-refractivity contribution < 1.29 is 9.47 Å². The Morgan fingerprint density at radius 3 is 2.27 bits per heavy atom. The Hall–Kier alpha value is -0.120. The molecular weight excluding hydrogens is 142 g/mol. The maximum absolute atomic E-state index is 5.29. The minimum absolute atomic E-state index is 0.720. The summed E-state index contributed by atoms with van der Waals surface area (Å²) in [7, 11) is 1.72. The van der Waals surface area contributed by atoms with E-state index in [2.05, 4.69) is 0 Å². The zero-order valence-electron chi connectivity index (χ0n) is 7.34. The molecule has 0 aliphatic rings. The van der Waals surface area contributed by atoms with Crippen molar-refractivity contribution >= 4 is 0 Å². The molecule has 0 atom stereocenters. The van der Waals surface area contributed by atoms with Crippen molar-refractivity contribution in [3.8, 4) is 0 Å². The molecular formula is C8H19NO2. The van der Waals surface area contributed by atoms with E-state index in [1.165, 1.54) is 0 Å². The van der Waals surface area contributed by atoms with Crippen LogP contribution in [-0.4, -0.2) is 33.5 Å². The van der Waals surface area contributed by atoms with E-state index in [0.717, 1.165) is 45.6 Å². The number of hydrogen-bond acceptors (Lipinski definition) is 3. The smallest absolute Gasteiger partial charge is 0.0478 e. The largest absolute Gasteiger partial charge is 0.385 e. The van der Waals surface area contributed by atoms with E-state index >= 15 is 0 Å². The van der Waals surface area contributed by atoms with Crippen LogP contribution < -0.4 is 5.73 Å². The van der Waals surface area contributed by atoms with Crippen LogP contribution in [0.3, 0.4) is 0 Å². The van der Waals surface area contributed by atoms with E-state index in [1.807, 2.05) is 0 Å². The predicted molar refractivity (Wildman–Crippen MR) is 45.6 cm³/mol. The third kappa shape index (κ3) is 9.88. The normalized spacial score (nSPS) is 10.4. The van der Waals surface area contributed by atoms with Gasteiger partial charge in [0, 0.05) is 26.9 Å². The summed E-state index contributed by atoms with van der Waals surface area (Å²) in [5.74, 6) is 0. The van der Waals surface area contributed by atoms with Crippen LogP contribution in [0, 0.1) is 0 Å². The summed E-state index contributed by atoms with van der Waals surface area (Å²) in [6, 6.07) is 0. The summed E-state index contributed by atoms with van der Waals surface area (Å²) >= 11 is 0. The molecule has 0 rings (SSSR count). The summed E-state index contributed by atoms with van der Waals surface area (Å²) in [4.78, 5) is 0. The summed E-state index contributed by atoms with van der Waals surface area (Å²) in [5, 5.41) is 0. The Kier molecular flexibility index (Phi) is 9.77. The van der Waals surface area contributed by atoms with Crippen LogP contribution in [0.4, 0.5) is 0 Å². The van der Waals surface area contributed by atoms with E-state index in [-0.39, 0.29) is 0 Å².